The fourth-order valence-corrected chi connectivity index (χ4v) is 1.45. The van der Waals surface area contributed by atoms with Gasteiger partial charge in [-0.15, -0.1) is 0 Å². The molecule has 1 N–H and O–H groups in total. The summed E-state index contributed by atoms with van der Waals surface area (Å²) in [7, 11) is 1.54. The number of allylic oxidation sites excluding steroid dienone is 1. The standard InChI is InChI=1S/C13H14O3/c1-4-9(2)12(13(14)15)10-6-5-7-11(8-10)16-3/h4-8,12H,1-2H2,3H3,(H,14,15). The second kappa shape index (κ2) is 5.16. The van der Waals surface area contributed by atoms with Gasteiger partial charge < -0.3 is 9.84 Å². The number of benzene rings is 1. The Morgan fingerprint density at radius 3 is 2.75 bits per heavy atom. The van der Waals surface area contributed by atoms with Gasteiger partial charge in [-0.3, -0.25) is 4.79 Å². The third-order valence-corrected chi connectivity index (χ3v) is 2.31. The molecule has 16 heavy (non-hydrogen) atoms. The van der Waals surface area contributed by atoms with Gasteiger partial charge in [-0.05, 0) is 23.3 Å². The molecule has 0 saturated carbocycles. The predicted octanol–water partition coefficient (Wildman–Crippen LogP) is 2.61. The van der Waals surface area contributed by atoms with Crippen molar-refractivity contribution in [3.8, 4) is 5.75 Å². The molecule has 0 aliphatic rings. The summed E-state index contributed by atoms with van der Waals surface area (Å²) in [6.45, 7) is 7.22. The van der Waals surface area contributed by atoms with Gasteiger partial charge in [0.05, 0.1) is 7.11 Å². The molecule has 0 heterocycles. The number of aliphatic carboxylic acids is 1. The number of carboxylic acid groups (broad SMARTS) is 1. The lowest BCUT2D eigenvalue weighted by Crippen LogP contribution is -2.12. The molecule has 1 aromatic carbocycles. The van der Waals surface area contributed by atoms with Crippen molar-refractivity contribution in [1.82, 2.24) is 0 Å². The average molecular weight is 218 g/mol. The van der Waals surface area contributed by atoms with E-state index < -0.39 is 11.9 Å². The van der Waals surface area contributed by atoms with Gasteiger partial charge in [0.25, 0.3) is 0 Å². The largest absolute Gasteiger partial charge is 0.497 e. The van der Waals surface area contributed by atoms with E-state index in [2.05, 4.69) is 13.2 Å². The first-order chi connectivity index (χ1) is 7.60. The van der Waals surface area contributed by atoms with Crippen molar-refractivity contribution in [1.29, 1.82) is 0 Å². The van der Waals surface area contributed by atoms with Crippen molar-refractivity contribution in [3.05, 3.63) is 54.6 Å². The number of carbonyl (C=O) groups is 1. The molecule has 1 rings (SSSR count). The van der Waals surface area contributed by atoms with Crippen molar-refractivity contribution >= 4 is 5.97 Å². The second-order valence-electron chi connectivity index (χ2n) is 3.33. The predicted molar refractivity (Wildman–Crippen MR) is 62.7 cm³/mol. The van der Waals surface area contributed by atoms with Gasteiger partial charge in [0, 0.05) is 0 Å². The first-order valence-electron chi connectivity index (χ1n) is 4.78. The van der Waals surface area contributed by atoms with Crippen molar-refractivity contribution in [2.24, 2.45) is 0 Å². The van der Waals surface area contributed by atoms with Crippen LogP contribution in [0.5, 0.6) is 5.75 Å². The normalized spacial score (nSPS) is 11.6. The summed E-state index contributed by atoms with van der Waals surface area (Å²) in [5.74, 6) is -1.09. The lowest BCUT2D eigenvalue weighted by atomic mass is 9.92. The Bertz CT molecular complexity index is 421. The Morgan fingerprint density at radius 2 is 2.25 bits per heavy atom. The molecule has 0 amide bonds. The van der Waals surface area contributed by atoms with Crippen molar-refractivity contribution in [3.63, 3.8) is 0 Å². The van der Waals surface area contributed by atoms with Crippen LogP contribution in [0.15, 0.2) is 49.1 Å². The van der Waals surface area contributed by atoms with Gasteiger partial charge >= 0.3 is 5.97 Å². The molecule has 0 saturated heterocycles. The number of methoxy groups -OCH3 is 1. The molecule has 0 radical (unpaired) electrons. The molecule has 0 spiro atoms. The molecule has 84 valence electrons. The van der Waals surface area contributed by atoms with Crippen molar-refractivity contribution in [2.75, 3.05) is 7.11 Å². The molecule has 1 atom stereocenters. The van der Waals surface area contributed by atoms with Gasteiger partial charge in [-0.1, -0.05) is 31.4 Å². The molecule has 1 aromatic rings. The third-order valence-electron chi connectivity index (χ3n) is 2.31. The monoisotopic (exact) mass is 218 g/mol. The Balaban J connectivity index is 3.15. The Labute approximate surface area is 94.7 Å². The molecule has 0 aliphatic heterocycles. The van der Waals surface area contributed by atoms with E-state index in [4.69, 9.17) is 9.84 Å². The molecule has 0 bridgehead atoms. The zero-order valence-electron chi connectivity index (χ0n) is 9.14. The van der Waals surface area contributed by atoms with Crippen LogP contribution in [-0.2, 0) is 4.79 Å². The smallest absolute Gasteiger partial charge is 0.315 e. The second-order valence-corrected chi connectivity index (χ2v) is 3.33. The number of carboxylic acids is 1. The minimum atomic E-state index is -0.946. The maximum Gasteiger partial charge on any atom is 0.315 e. The SMILES string of the molecule is C=CC(=C)C(C(=O)O)c1cccc(OC)c1. The van der Waals surface area contributed by atoms with Crippen LogP contribution in [0.2, 0.25) is 0 Å². The van der Waals surface area contributed by atoms with Gasteiger partial charge in [-0.25, -0.2) is 0 Å². The van der Waals surface area contributed by atoms with Crippen LogP contribution >= 0.6 is 0 Å². The Morgan fingerprint density at radius 1 is 1.56 bits per heavy atom. The number of ether oxygens (including phenoxy) is 1. The highest BCUT2D eigenvalue weighted by Gasteiger charge is 2.21. The lowest BCUT2D eigenvalue weighted by Gasteiger charge is -2.13. The van der Waals surface area contributed by atoms with Crippen LogP contribution in [0.25, 0.3) is 0 Å². The topological polar surface area (TPSA) is 46.5 Å². The summed E-state index contributed by atoms with van der Waals surface area (Å²) in [5, 5.41) is 9.14. The Hall–Kier alpha value is -2.03. The van der Waals surface area contributed by atoms with E-state index in [9.17, 15) is 4.79 Å². The van der Waals surface area contributed by atoms with Crippen LogP contribution in [0.3, 0.4) is 0 Å². The summed E-state index contributed by atoms with van der Waals surface area (Å²) < 4.78 is 5.05. The number of hydrogen-bond acceptors (Lipinski definition) is 2. The summed E-state index contributed by atoms with van der Waals surface area (Å²) >= 11 is 0. The number of hydrogen-bond donors (Lipinski definition) is 1. The number of rotatable bonds is 5. The average Bonchev–Trinajstić information content (AvgIpc) is 2.29. The zero-order chi connectivity index (χ0) is 12.1. The van der Waals surface area contributed by atoms with Crippen LogP contribution in [-0.4, -0.2) is 18.2 Å². The van der Waals surface area contributed by atoms with Crippen LogP contribution in [0.1, 0.15) is 11.5 Å². The molecule has 0 fully saturated rings. The van der Waals surface area contributed by atoms with Crippen molar-refractivity contribution in [2.45, 2.75) is 5.92 Å². The van der Waals surface area contributed by atoms with Crippen LogP contribution in [0, 0.1) is 0 Å². The highest BCUT2D eigenvalue weighted by atomic mass is 16.5. The minimum Gasteiger partial charge on any atom is -0.497 e. The maximum absolute atomic E-state index is 11.2. The van der Waals surface area contributed by atoms with E-state index in [0.717, 1.165) is 0 Å². The van der Waals surface area contributed by atoms with Gasteiger partial charge in [-0.2, -0.15) is 0 Å². The molecule has 1 unspecified atom stereocenters. The lowest BCUT2D eigenvalue weighted by molar-refractivity contribution is -0.137. The highest BCUT2D eigenvalue weighted by Crippen LogP contribution is 2.27. The molecular formula is C13H14O3. The summed E-state index contributed by atoms with van der Waals surface area (Å²) in [6, 6.07) is 6.93. The minimum absolute atomic E-state index is 0.459. The van der Waals surface area contributed by atoms with Crippen LogP contribution < -0.4 is 4.74 Å². The fourth-order valence-electron chi connectivity index (χ4n) is 1.45. The maximum atomic E-state index is 11.2. The van der Waals surface area contributed by atoms with E-state index >= 15 is 0 Å². The van der Waals surface area contributed by atoms with Gasteiger partial charge in [0.1, 0.15) is 11.7 Å². The van der Waals surface area contributed by atoms with E-state index in [1.165, 1.54) is 13.2 Å². The summed E-state index contributed by atoms with van der Waals surface area (Å²) in [4.78, 5) is 11.2. The van der Waals surface area contributed by atoms with E-state index in [1.54, 1.807) is 24.3 Å². The molecule has 3 heteroatoms. The van der Waals surface area contributed by atoms with Gasteiger partial charge in [0.15, 0.2) is 0 Å². The first kappa shape index (κ1) is 12.0. The first-order valence-corrected chi connectivity index (χ1v) is 4.78. The van der Waals surface area contributed by atoms with Crippen molar-refractivity contribution < 1.29 is 14.6 Å². The molecular weight excluding hydrogens is 204 g/mol. The van der Waals surface area contributed by atoms with Crippen LogP contribution in [0.4, 0.5) is 0 Å². The quantitative estimate of drug-likeness (QED) is 0.773. The summed E-state index contributed by atoms with van der Waals surface area (Å²) in [5.41, 5.74) is 1.09. The van der Waals surface area contributed by atoms with E-state index in [0.29, 0.717) is 16.9 Å². The zero-order valence-corrected chi connectivity index (χ0v) is 9.14. The van der Waals surface area contributed by atoms with E-state index in [1.807, 2.05) is 0 Å². The fraction of sp³-hybridized carbons (Fsp3) is 0.154. The molecule has 0 aromatic heterocycles. The summed E-state index contributed by atoms with van der Waals surface area (Å²) in [6.07, 6.45) is 1.46. The molecule has 0 aliphatic carbocycles. The third kappa shape index (κ3) is 2.51. The van der Waals surface area contributed by atoms with Gasteiger partial charge in [0.2, 0.25) is 0 Å². The van der Waals surface area contributed by atoms with E-state index in [-0.39, 0.29) is 0 Å². The Kier molecular flexibility index (Phi) is 3.89. The molecule has 3 nitrogen and oxygen atoms in total. The highest BCUT2D eigenvalue weighted by molar-refractivity contribution is 5.80.